The maximum Gasteiger partial charge on any atom is 0.281 e. The molecule has 2 N–H and O–H groups in total. The van der Waals surface area contributed by atoms with Gasteiger partial charge >= 0.3 is 0 Å². The van der Waals surface area contributed by atoms with Crippen LogP contribution in [0.15, 0.2) is 0 Å². The number of hydrogen-bond donors (Lipinski definition) is 1. The third kappa shape index (κ3) is 3.40. The molecule has 0 aromatic carbocycles. The van der Waals surface area contributed by atoms with Gasteiger partial charge in [0.25, 0.3) is 10.2 Å². The quantitative estimate of drug-likeness (QED) is 0.815. The molecule has 0 aromatic heterocycles. The second-order valence-electron chi connectivity index (χ2n) is 5.20. The first kappa shape index (κ1) is 14.9. The molecule has 0 bridgehead atoms. The summed E-state index contributed by atoms with van der Waals surface area (Å²) in [5.41, 5.74) is 5.84. The molecule has 0 unspecified atom stereocenters. The zero-order chi connectivity index (χ0) is 13.2. The van der Waals surface area contributed by atoms with E-state index in [9.17, 15) is 8.42 Å². The average Bonchev–Trinajstić information content (AvgIpc) is 2.27. The first-order valence-electron chi connectivity index (χ1n) is 6.23. The molecule has 1 fully saturated rings. The van der Waals surface area contributed by atoms with Crippen molar-refractivity contribution in [2.75, 3.05) is 14.1 Å². The van der Waals surface area contributed by atoms with Crippen LogP contribution in [0.25, 0.3) is 0 Å². The van der Waals surface area contributed by atoms with E-state index in [2.05, 4.69) is 0 Å². The average molecular weight is 263 g/mol. The van der Waals surface area contributed by atoms with Gasteiger partial charge in [0.1, 0.15) is 0 Å². The van der Waals surface area contributed by atoms with Gasteiger partial charge < -0.3 is 5.73 Å². The minimum absolute atomic E-state index is 0.0201. The van der Waals surface area contributed by atoms with Gasteiger partial charge in [0, 0.05) is 32.2 Å². The lowest BCUT2D eigenvalue weighted by atomic mass is 9.92. The molecule has 6 heteroatoms. The summed E-state index contributed by atoms with van der Waals surface area (Å²) in [6.07, 6.45) is 3.55. The van der Waals surface area contributed by atoms with E-state index in [1.54, 1.807) is 14.1 Å². The Kier molecular flexibility index (Phi) is 4.95. The molecule has 102 valence electrons. The summed E-state index contributed by atoms with van der Waals surface area (Å²) in [6, 6.07) is 0.319. The predicted molar refractivity (Wildman–Crippen MR) is 69.8 cm³/mol. The number of nitrogens with zero attached hydrogens (tertiary/aromatic N) is 2. The van der Waals surface area contributed by atoms with Crippen LogP contribution in [-0.2, 0) is 10.2 Å². The van der Waals surface area contributed by atoms with Gasteiger partial charge in [-0.2, -0.15) is 17.0 Å². The summed E-state index contributed by atoms with van der Waals surface area (Å²) >= 11 is 0. The molecule has 5 nitrogen and oxygen atoms in total. The molecule has 17 heavy (non-hydrogen) atoms. The summed E-state index contributed by atoms with van der Waals surface area (Å²) in [5.74, 6) is 0. The summed E-state index contributed by atoms with van der Waals surface area (Å²) in [6.45, 7) is 3.75. The monoisotopic (exact) mass is 263 g/mol. The van der Waals surface area contributed by atoms with Crippen molar-refractivity contribution in [2.45, 2.75) is 57.7 Å². The van der Waals surface area contributed by atoms with Crippen molar-refractivity contribution in [1.29, 1.82) is 0 Å². The van der Waals surface area contributed by atoms with E-state index in [1.165, 1.54) is 8.61 Å². The van der Waals surface area contributed by atoms with Gasteiger partial charge in [-0.1, -0.05) is 0 Å². The summed E-state index contributed by atoms with van der Waals surface area (Å²) in [7, 11) is -0.0232. The van der Waals surface area contributed by atoms with Crippen LogP contribution < -0.4 is 5.73 Å². The normalized spacial score (nSPS) is 27.1. The number of rotatable bonds is 4. The van der Waals surface area contributed by atoms with E-state index < -0.39 is 10.2 Å². The molecule has 0 heterocycles. The van der Waals surface area contributed by atoms with Gasteiger partial charge in [-0.15, -0.1) is 0 Å². The largest absolute Gasteiger partial charge is 0.328 e. The molecule has 1 aliphatic carbocycles. The molecule has 1 saturated carbocycles. The zero-order valence-corrected chi connectivity index (χ0v) is 12.1. The van der Waals surface area contributed by atoms with E-state index >= 15 is 0 Å². The van der Waals surface area contributed by atoms with Crippen LogP contribution >= 0.6 is 0 Å². The van der Waals surface area contributed by atoms with Gasteiger partial charge in [0.15, 0.2) is 0 Å². The van der Waals surface area contributed by atoms with E-state index in [4.69, 9.17) is 5.73 Å². The molecule has 0 aliphatic heterocycles. The van der Waals surface area contributed by atoms with Crippen LogP contribution in [0.2, 0.25) is 0 Å². The van der Waals surface area contributed by atoms with Gasteiger partial charge in [-0.05, 0) is 39.5 Å². The van der Waals surface area contributed by atoms with Crippen molar-refractivity contribution in [3.8, 4) is 0 Å². The predicted octanol–water partition coefficient (Wildman–Crippen LogP) is 0.773. The fourth-order valence-corrected chi connectivity index (χ4v) is 3.65. The van der Waals surface area contributed by atoms with Crippen LogP contribution in [-0.4, -0.2) is 49.2 Å². The van der Waals surface area contributed by atoms with Crippen molar-refractivity contribution in [2.24, 2.45) is 5.73 Å². The second kappa shape index (κ2) is 5.65. The Morgan fingerprint density at radius 1 is 1.12 bits per heavy atom. The van der Waals surface area contributed by atoms with Crippen LogP contribution in [0.1, 0.15) is 39.5 Å². The lowest BCUT2D eigenvalue weighted by Crippen LogP contribution is -2.49. The highest BCUT2D eigenvalue weighted by molar-refractivity contribution is 7.86. The summed E-state index contributed by atoms with van der Waals surface area (Å²) in [5, 5.41) is 0. The Bertz CT molecular complexity index is 335. The third-order valence-electron chi connectivity index (χ3n) is 3.71. The maximum absolute atomic E-state index is 12.3. The first-order valence-corrected chi connectivity index (χ1v) is 7.63. The van der Waals surface area contributed by atoms with Gasteiger partial charge in [-0.3, -0.25) is 0 Å². The fraction of sp³-hybridized carbons (Fsp3) is 1.00. The fourth-order valence-electron chi connectivity index (χ4n) is 2.12. The van der Waals surface area contributed by atoms with Crippen molar-refractivity contribution in [3.63, 3.8) is 0 Å². The Morgan fingerprint density at radius 3 is 2.00 bits per heavy atom. The van der Waals surface area contributed by atoms with Gasteiger partial charge in [0.2, 0.25) is 0 Å². The highest BCUT2D eigenvalue weighted by atomic mass is 32.2. The Morgan fingerprint density at radius 2 is 1.59 bits per heavy atom. The van der Waals surface area contributed by atoms with Crippen molar-refractivity contribution in [3.05, 3.63) is 0 Å². The highest BCUT2D eigenvalue weighted by Gasteiger charge is 2.32. The van der Waals surface area contributed by atoms with Crippen LogP contribution in [0.3, 0.4) is 0 Å². The molecular weight excluding hydrogens is 238 g/mol. The van der Waals surface area contributed by atoms with Gasteiger partial charge in [0.05, 0.1) is 0 Å². The molecule has 0 radical (unpaired) electrons. The Hall–Kier alpha value is -0.170. The Labute approximate surface area is 105 Å². The summed E-state index contributed by atoms with van der Waals surface area (Å²) < 4.78 is 27.5. The standard InChI is InChI=1S/C11H25N3O2S/c1-9(2)13(3)17(15,16)14(4)11-7-5-10(12)6-8-11/h9-11H,5-8,12H2,1-4H3. The smallest absolute Gasteiger partial charge is 0.281 e. The lowest BCUT2D eigenvalue weighted by molar-refractivity contribution is 0.249. The molecular formula is C11H25N3O2S. The summed E-state index contributed by atoms with van der Waals surface area (Å²) in [4.78, 5) is 0. The van der Waals surface area contributed by atoms with Crippen molar-refractivity contribution < 1.29 is 8.42 Å². The highest BCUT2D eigenvalue weighted by Crippen LogP contribution is 2.24. The molecule has 0 spiro atoms. The third-order valence-corrected chi connectivity index (χ3v) is 5.89. The lowest BCUT2D eigenvalue weighted by Gasteiger charge is -2.35. The van der Waals surface area contributed by atoms with Crippen LogP contribution in [0, 0.1) is 0 Å². The molecule has 0 aromatic rings. The maximum atomic E-state index is 12.3. The minimum Gasteiger partial charge on any atom is -0.328 e. The molecule has 1 rings (SSSR count). The van der Waals surface area contributed by atoms with E-state index in [0.29, 0.717) is 0 Å². The van der Waals surface area contributed by atoms with Crippen molar-refractivity contribution >= 4 is 10.2 Å². The molecule has 0 atom stereocenters. The minimum atomic E-state index is -3.33. The van der Waals surface area contributed by atoms with Gasteiger partial charge in [-0.25, -0.2) is 0 Å². The topological polar surface area (TPSA) is 66.6 Å². The number of hydrogen-bond acceptors (Lipinski definition) is 3. The first-order chi connectivity index (χ1) is 7.76. The van der Waals surface area contributed by atoms with E-state index in [-0.39, 0.29) is 18.1 Å². The van der Waals surface area contributed by atoms with E-state index in [0.717, 1.165) is 25.7 Å². The SMILES string of the molecule is CC(C)N(C)S(=O)(=O)N(C)C1CCC(N)CC1. The molecule has 0 amide bonds. The number of nitrogens with two attached hydrogens (primary N) is 1. The molecule has 1 aliphatic rings. The second-order valence-corrected chi connectivity index (χ2v) is 7.25. The Balaban J connectivity index is 2.72. The zero-order valence-electron chi connectivity index (χ0n) is 11.3. The van der Waals surface area contributed by atoms with E-state index in [1.807, 2.05) is 13.8 Å². The van der Waals surface area contributed by atoms with Crippen molar-refractivity contribution in [1.82, 2.24) is 8.61 Å². The molecule has 0 saturated heterocycles. The van der Waals surface area contributed by atoms with Crippen LogP contribution in [0.4, 0.5) is 0 Å². The van der Waals surface area contributed by atoms with Crippen LogP contribution in [0.5, 0.6) is 0 Å².